The van der Waals surface area contributed by atoms with Crippen LogP contribution in [0.5, 0.6) is 5.75 Å². The van der Waals surface area contributed by atoms with E-state index < -0.39 is 0 Å². The fraction of sp³-hybridized carbons (Fsp3) is 0.345. The number of benzene rings is 3. The lowest BCUT2D eigenvalue weighted by Crippen LogP contribution is -2.44. The molecular weight excluding hydrogens is 422 g/mol. The molecule has 0 spiro atoms. The topological polar surface area (TPSA) is 44.8 Å². The maximum Gasteiger partial charge on any atom is 0.251 e. The molecule has 0 saturated carbocycles. The smallest absolute Gasteiger partial charge is 0.251 e. The van der Waals surface area contributed by atoms with E-state index in [0.29, 0.717) is 0 Å². The summed E-state index contributed by atoms with van der Waals surface area (Å²) in [6.07, 6.45) is 2.99. The fourth-order valence-electron chi connectivity index (χ4n) is 5.12. The highest BCUT2D eigenvalue weighted by molar-refractivity contribution is 5.94. The van der Waals surface area contributed by atoms with Crippen LogP contribution in [0.15, 0.2) is 72.8 Å². The average Bonchev–Trinajstić information content (AvgIpc) is 2.90. The third-order valence-electron chi connectivity index (χ3n) is 7.13. The molecule has 1 saturated heterocycles. The molecule has 3 aromatic carbocycles. The molecule has 1 amide bonds. The lowest BCUT2D eigenvalue weighted by Gasteiger charge is -2.32. The Hall–Kier alpha value is -3.31. The Kier molecular flexibility index (Phi) is 6.82. The van der Waals surface area contributed by atoms with Gasteiger partial charge in [-0.3, -0.25) is 9.69 Å². The number of likely N-dealkylation sites (tertiary alicyclic amines) is 1. The summed E-state index contributed by atoms with van der Waals surface area (Å²) in [6.45, 7) is 4.76. The number of nitrogens with zero attached hydrogens (tertiary/aromatic N) is 2. The van der Waals surface area contributed by atoms with Crippen LogP contribution in [0.3, 0.4) is 0 Å². The van der Waals surface area contributed by atoms with Crippen LogP contribution in [-0.4, -0.2) is 43.6 Å². The van der Waals surface area contributed by atoms with E-state index in [1.165, 1.54) is 22.4 Å². The highest BCUT2D eigenvalue weighted by Crippen LogP contribution is 2.25. The molecule has 0 aromatic heterocycles. The average molecular weight is 456 g/mol. The van der Waals surface area contributed by atoms with Gasteiger partial charge < -0.3 is 15.0 Å². The maximum absolute atomic E-state index is 12.9. The molecule has 0 aliphatic carbocycles. The molecule has 3 aromatic rings. The first-order valence-electron chi connectivity index (χ1n) is 12.3. The van der Waals surface area contributed by atoms with Gasteiger partial charge in [0.2, 0.25) is 0 Å². The van der Waals surface area contributed by atoms with E-state index in [1.54, 1.807) is 7.11 Å². The Morgan fingerprint density at radius 2 is 1.62 bits per heavy atom. The number of piperidine rings is 1. The number of ether oxygens (including phenoxy) is 1. The van der Waals surface area contributed by atoms with Crippen LogP contribution in [0.2, 0.25) is 0 Å². The molecule has 2 heterocycles. The number of carbonyl (C=O) groups is 1. The van der Waals surface area contributed by atoms with E-state index in [-0.39, 0.29) is 11.9 Å². The van der Waals surface area contributed by atoms with Gasteiger partial charge in [-0.1, -0.05) is 42.5 Å². The van der Waals surface area contributed by atoms with E-state index in [2.05, 4.69) is 63.6 Å². The van der Waals surface area contributed by atoms with E-state index in [1.807, 2.05) is 24.3 Å². The van der Waals surface area contributed by atoms with Gasteiger partial charge >= 0.3 is 0 Å². The van der Waals surface area contributed by atoms with Gasteiger partial charge in [0, 0.05) is 55.6 Å². The number of methoxy groups -OCH3 is 1. The minimum atomic E-state index is 0.0266. The van der Waals surface area contributed by atoms with Crippen LogP contribution in [0.25, 0.3) is 0 Å². The number of hydrogen-bond donors (Lipinski definition) is 1. The van der Waals surface area contributed by atoms with Crippen molar-refractivity contribution >= 4 is 11.6 Å². The van der Waals surface area contributed by atoms with Gasteiger partial charge in [0.05, 0.1) is 7.11 Å². The Labute approximate surface area is 202 Å². The third kappa shape index (κ3) is 5.10. The molecule has 0 unspecified atom stereocenters. The van der Waals surface area contributed by atoms with Gasteiger partial charge in [-0.2, -0.15) is 0 Å². The second-order valence-corrected chi connectivity index (χ2v) is 9.32. The third-order valence-corrected chi connectivity index (χ3v) is 7.13. The van der Waals surface area contributed by atoms with E-state index in [9.17, 15) is 4.79 Å². The Morgan fingerprint density at radius 3 is 2.38 bits per heavy atom. The molecule has 0 radical (unpaired) electrons. The quantitative estimate of drug-likeness (QED) is 0.588. The van der Waals surface area contributed by atoms with Gasteiger partial charge in [0.15, 0.2) is 0 Å². The van der Waals surface area contributed by atoms with Crippen molar-refractivity contribution < 1.29 is 9.53 Å². The number of anilines is 1. The first kappa shape index (κ1) is 22.5. The molecule has 5 heteroatoms. The zero-order valence-corrected chi connectivity index (χ0v) is 19.9. The van der Waals surface area contributed by atoms with Crippen molar-refractivity contribution in [3.8, 4) is 5.75 Å². The fourth-order valence-corrected chi connectivity index (χ4v) is 5.12. The summed E-state index contributed by atoms with van der Waals surface area (Å²) in [6, 6.07) is 25.2. The molecule has 0 bridgehead atoms. The number of nitrogens with one attached hydrogen (secondary N) is 1. The van der Waals surface area contributed by atoms with Crippen molar-refractivity contribution in [1.29, 1.82) is 0 Å². The number of rotatable bonds is 6. The van der Waals surface area contributed by atoms with Crippen molar-refractivity contribution in [3.63, 3.8) is 0 Å². The van der Waals surface area contributed by atoms with Crippen molar-refractivity contribution in [1.82, 2.24) is 10.2 Å². The van der Waals surface area contributed by atoms with Crippen molar-refractivity contribution in [2.24, 2.45) is 0 Å². The summed E-state index contributed by atoms with van der Waals surface area (Å²) in [7, 11) is 1.72. The summed E-state index contributed by atoms with van der Waals surface area (Å²) in [5.41, 5.74) is 5.97. The first-order chi connectivity index (χ1) is 16.7. The largest absolute Gasteiger partial charge is 0.496 e. The highest BCUT2D eigenvalue weighted by Gasteiger charge is 2.22. The molecule has 2 aliphatic heterocycles. The van der Waals surface area contributed by atoms with Crippen LogP contribution >= 0.6 is 0 Å². The number of amides is 1. The van der Waals surface area contributed by atoms with Gasteiger partial charge in [0.25, 0.3) is 5.91 Å². The van der Waals surface area contributed by atoms with Crippen LogP contribution < -0.4 is 15.0 Å². The SMILES string of the molecule is COc1ccccc1CN1CCC(NC(=O)c2ccc(N3CCc4ccccc4C3)cc2)CC1. The van der Waals surface area contributed by atoms with Crippen molar-refractivity contribution in [2.75, 3.05) is 31.6 Å². The normalized spacial score (nSPS) is 16.7. The molecule has 1 fully saturated rings. The van der Waals surface area contributed by atoms with Crippen molar-refractivity contribution in [3.05, 3.63) is 95.1 Å². The van der Waals surface area contributed by atoms with E-state index >= 15 is 0 Å². The number of fused-ring (bicyclic) bond motifs is 1. The highest BCUT2D eigenvalue weighted by atomic mass is 16.5. The van der Waals surface area contributed by atoms with Crippen molar-refractivity contribution in [2.45, 2.75) is 38.4 Å². The lowest BCUT2D eigenvalue weighted by molar-refractivity contribution is 0.0908. The number of para-hydroxylation sites is 1. The second kappa shape index (κ2) is 10.3. The second-order valence-electron chi connectivity index (χ2n) is 9.32. The lowest BCUT2D eigenvalue weighted by atomic mass is 9.99. The Balaban J connectivity index is 1.12. The summed E-state index contributed by atoms with van der Waals surface area (Å²) >= 11 is 0. The summed E-state index contributed by atoms with van der Waals surface area (Å²) < 4.78 is 5.49. The molecule has 34 heavy (non-hydrogen) atoms. The monoisotopic (exact) mass is 455 g/mol. The van der Waals surface area contributed by atoms with Crippen LogP contribution in [0.4, 0.5) is 5.69 Å². The molecular formula is C29H33N3O2. The molecule has 176 valence electrons. The maximum atomic E-state index is 12.9. The first-order valence-corrected chi connectivity index (χ1v) is 12.3. The van der Waals surface area contributed by atoms with Crippen LogP contribution in [-0.2, 0) is 19.5 Å². The molecule has 1 N–H and O–H groups in total. The zero-order chi connectivity index (χ0) is 23.3. The summed E-state index contributed by atoms with van der Waals surface area (Å²) in [5.74, 6) is 0.967. The minimum Gasteiger partial charge on any atom is -0.496 e. The molecule has 5 nitrogen and oxygen atoms in total. The predicted molar refractivity (Wildman–Crippen MR) is 136 cm³/mol. The molecule has 2 aliphatic rings. The molecule has 0 atom stereocenters. The van der Waals surface area contributed by atoms with Crippen LogP contribution in [0.1, 0.15) is 39.9 Å². The summed E-state index contributed by atoms with van der Waals surface area (Å²) in [4.78, 5) is 17.7. The molecule has 5 rings (SSSR count). The Bertz CT molecular complexity index is 1120. The van der Waals surface area contributed by atoms with E-state index in [4.69, 9.17) is 4.74 Å². The predicted octanol–water partition coefficient (Wildman–Crippen LogP) is 4.65. The van der Waals surface area contributed by atoms with Gasteiger partial charge in [0.1, 0.15) is 5.75 Å². The van der Waals surface area contributed by atoms with Gasteiger partial charge in [-0.15, -0.1) is 0 Å². The zero-order valence-electron chi connectivity index (χ0n) is 19.9. The Morgan fingerprint density at radius 1 is 0.912 bits per heavy atom. The number of carbonyl (C=O) groups excluding carboxylic acids is 1. The van der Waals surface area contributed by atoms with Gasteiger partial charge in [-0.05, 0) is 60.7 Å². The minimum absolute atomic E-state index is 0.0266. The van der Waals surface area contributed by atoms with Crippen LogP contribution in [0, 0.1) is 0 Å². The van der Waals surface area contributed by atoms with Gasteiger partial charge in [-0.25, -0.2) is 0 Å². The standard InChI is InChI=1S/C29H33N3O2/c1-34-28-9-5-4-8-25(28)20-31-17-15-26(16-18-31)30-29(33)23-10-12-27(13-11-23)32-19-14-22-6-2-3-7-24(22)21-32/h2-13,26H,14-21H2,1H3,(H,30,33). The van der Waals surface area contributed by atoms with E-state index in [0.717, 1.165) is 63.3 Å². The number of hydrogen-bond acceptors (Lipinski definition) is 4. The summed E-state index contributed by atoms with van der Waals surface area (Å²) in [5, 5.41) is 3.25.